The van der Waals surface area contributed by atoms with Gasteiger partial charge in [0.15, 0.2) is 6.61 Å². The number of carbonyl (C=O) groups excluding carboxylic acids is 2. The average Bonchev–Trinajstić information content (AvgIpc) is 2.75. The molecule has 0 fully saturated rings. The first-order valence-electron chi connectivity index (χ1n) is 11.1. The first-order chi connectivity index (χ1) is 15.0. The first-order valence-corrected chi connectivity index (χ1v) is 11.1. The number of halogens is 1. The Hall–Kier alpha value is -2.89. The summed E-state index contributed by atoms with van der Waals surface area (Å²) in [5.41, 5.74) is 1.17. The second-order valence-corrected chi connectivity index (χ2v) is 9.14. The van der Waals surface area contributed by atoms with E-state index < -0.39 is 11.9 Å². The van der Waals surface area contributed by atoms with E-state index in [4.69, 9.17) is 4.74 Å². The molecule has 0 heterocycles. The van der Waals surface area contributed by atoms with Gasteiger partial charge in [0.05, 0.1) is 0 Å². The minimum atomic E-state index is -0.780. The molecule has 0 saturated heterocycles. The predicted molar refractivity (Wildman–Crippen MR) is 125 cm³/mol. The van der Waals surface area contributed by atoms with Crippen LogP contribution in [0, 0.1) is 5.82 Å². The minimum absolute atomic E-state index is 0.0229. The lowest BCUT2D eigenvalue weighted by Gasteiger charge is -2.30. The zero-order valence-electron chi connectivity index (χ0n) is 19.9. The molecule has 32 heavy (non-hydrogen) atoms. The zero-order valence-corrected chi connectivity index (χ0v) is 19.9. The standard InChI is InChI=1S/C26H35FN2O3/c1-7-18(2)28-25(31)19(3)29(16-20-12-8-10-14-22(20)27)24(30)17-32-23-15-11-9-13-21(23)26(4,5)6/h8-15,18-19H,7,16-17H2,1-6H3,(H,28,31)/t18-,19+/m1/s1. The lowest BCUT2D eigenvalue weighted by atomic mass is 9.86. The largest absolute Gasteiger partial charge is 0.483 e. The van der Waals surface area contributed by atoms with Crippen LogP contribution in [0.1, 0.15) is 59.1 Å². The third kappa shape index (κ3) is 6.81. The molecule has 0 spiro atoms. The molecule has 2 aromatic rings. The summed E-state index contributed by atoms with van der Waals surface area (Å²) < 4.78 is 20.2. The topological polar surface area (TPSA) is 58.6 Å². The number of benzene rings is 2. The molecule has 2 rings (SSSR count). The third-order valence-electron chi connectivity index (χ3n) is 5.51. The van der Waals surface area contributed by atoms with E-state index >= 15 is 0 Å². The smallest absolute Gasteiger partial charge is 0.261 e. The normalized spacial score (nSPS) is 13.2. The summed E-state index contributed by atoms with van der Waals surface area (Å²) in [5.74, 6) is -0.461. The third-order valence-corrected chi connectivity index (χ3v) is 5.51. The fraction of sp³-hybridized carbons (Fsp3) is 0.462. The van der Waals surface area contributed by atoms with Crippen LogP contribution in [0.25, 0.3) is 0 Å². The van der Waals surface area contributed by atoms with Gasteiger partial charge in [-0.1, -0.05) is 64.1 Å². The van der Waals surface area contributed by atoms with Crippen LogP contribution >= 0.6 is 0 Å². The lowest BCUT2D eigenvalue weighted by Crippen LogP contribution is -2.50. The number of para-hydroxylation sites is 1. The number of amides is 2. The van der Waals surface area contributed by atoms with E-state index in [1.807, 2.05) is 38.1 Å². The first kappa shape index (κ1) is 25.4. The Morgan fingerprint density at radius 2 is 1.69 bits per heavy atom. The molecule has 174 valence electrons. The molecule has 6 heteroatoms. The van der Waals surface area contributed by atoms with E-state index in [9.17, 15) is 14.0 Å². The van der Waals surface area contributed by atoms with Gasteiger partial charge in [-0.05, 0) is 43.4 Å². The fourth-order valence-corrected chi connectivity index (χ4v) is 3.29. The predicted octanol–water partition coefficient (Wildman–Crippen LogP) is 4.83. The van der Waals surface area contributed by atoms with Gasteiger partial charge in [0, 0.05) is 18.2 Å². The average molecular weight is 443 g/mol. The van der Waals surface area contributed by atoms with E-state index in [0.29, 0.717) is 11.3 Å². The Labute approximate surface area is 191 Å². The molecule has 0 unspecified atom stereocenters. The van der Waals surface area contributed by atoms with Crippen LogP contribution in [0.2, 0.25) is 0 Å². The fourth-order valence-electron chi connectivity index (χ4n) is 3.29. The van der Waals surface area contributed by atoms with Crippen LogP contribution in [0.4, 0.5) is 4.39 Å². The van der Waals surface area contributed by atoms with Crippen LogP contribution in [-0.2, 0) is 21.5 Å². The minimum Gasteiger partial charge on any atom is -0.483 e. The van der Waals surface area contributed by atoms with Crippen molar-refractivity contribution in [1.29, 1.82) is 0 Å². The van der Waals surface area contributed by atoms with Crippen molar-refractivity contribution in [3.8, 4) is 5.75 Å². The maximum absolute atomic E-state index is 14.3. The second-order valence-electron chi connectivity index (χ2n) is 9.14. The molecular weight excluding hydrogens is 407 g/mol. The van der Waals surface area contributed by atoms with Crippen LogP contribution in [0.3, 0.4) is 0 Å². The summed E-state index contributed by atoms with van der Waals surface area (Å²) in [5, 5.41) is 2.90. The summed E-state index contributed by atoms with van der Waals surface area (Å²) >= 11 is 0. The second kappa shape index (κ2) is 11.1. The Bertz CT molecular complexity index is 923. The molecule has 2 atom stereocenters. The Morgan fingerprint density at radius 3 is 2.31 bits per heavy atom. The molecule has 0 saturated carbocycles. The molecule has 0 aliphatic carbocycles. The number of nitrogens with zero attached hydrogens (tertiary/aromatic N) is 1. The van der Waals surface area contributed by atoms with E-state index in [1.165, 1.54) is 11.0 Å². The van der Waals surface area contributed by atoms with E-state index in [2.05, 4.69) is 26.1 Å². The zero-order chi connectivity index (χ0) is 23.9. The number of carbonyl (C=O) groups is 2. The summed E-state index contributed by atoms with van der Waals surface area (Å²) in [6, 6.07) is 13.0. The molecule has 0 radical (unpaired) electrons. The number of nitrogens with one attached hydrogen (secondary N) is 1. The van der Waals surface area contributed by atoms with Gasteiger partial charge < -0.3 is 15.0 Å². The van der Waals surface area contributed by atoms with Crippen LogP contribution in [0.5, 0.6) is 5.75 Å². The van der Waals surface area contributed by atoms with Crippen molar-refractivity contribution in [3.05, 3.63) is 65.5 Å². The molecule has 1 N–H and O–H groups in total. The van der Waals surface area contributed by atoms with Gasteiger partial charge in [-0.2, -0.15) is 0 Å². The van der Waals surface area contributed by atoms with E-state index in [1.54, 1.807) is 25.1 Å². The molecule has 0 aliphatic rings. The van der Waals surface area contributed by atoms with Crippen LogP contribution in [-0.4, -0.2) is 35.4 Å². The van der Waals surface area contributed by atoms with Crippen molar-refractivity contribution in [2.45, 2.75) is 72.0 Å². The maximum atomic E-state index is 14.3. The van der Waals surface area contributed by atoms with Crippen LogP contribution < -0.4 is 10.1 Å². The number of hydrogen-bond donors (Lipinski definition) is 1. The van der Waals surface area contributed by atoms with Gasteiger partial charge in [-0.3, -0.25) is 9.59 Å². The van der Waals surface area contributed by atoms with Crippen molar-refractivity contribution in [2.75, 3.05) is 6.61 Å². The monoisotopic (exact) mass is 442 g/mol. The molecule has 0 bridgehead atoms. The molecule has 2 aromatic carbocycles. The van der Waals surface area contributed by atoms with Gasteiger partial charge in [-0.25, -0.2) is 4.39 Å². The maximum Gasteiger partial charge on any atom is 0.261 e. The van der Waals surface area contributed by atoms with Crippen molar-refractivity contribution < 1.29 is 18.7 Å². The highest BCUT2D eigenvalue weighted by Gasteiger charge is 2.28. The quantitative estimate of drug-likeness (QED) is 0.605. The number of ether oxygens (including phenoxy) is 1. The molecule has 5 nitrogen and oxygen atoms in total. The van der Waals surface area contributed by atoms with Crippen molar-refractivity contribution >= 4 is 11.8 Å². The van der Waals surface area contributed by atoms with Crippen LogP contribution in [0.15, 0.2) is 48.5 Å². The van der Waals surface area contributed by atoms with Gasteiger partial charge in [0.25, 0.3) is 5.91 Å². The number of hydrogen-bond acceptors (Lipinski definition) is 3. The van der Waals surface area contributed by atoms with Crippen molar-refractivity contribution in [3.63, 3.8) is 0 Å². The highest BCUT2D eigenvalue weighted by atomic mass is 19.1. The molecular formula is C26H35FN2O3. The van der Waals surface area contributed by atoms with E-state index in [-0.39, 0.29) is 36.4 Å². The Kier molecular flexibility index (Phi) is 8.81. The summed E-state index contributed by atoms with van der Waals surface area (Å²) in [7, 11) is 0. The highest BCUT2D eigenvalue weighted by Crippen LogP contribution is 2.31. The van der Waals surface area contributed by atoms with Gasteiger partial charge in [0.2, 0.25) is 5.91 Å². The Morgan fingerprint density at radius 1 is 1.06 bits per heavy atom. The van der Waals surface area contributed by atoms with Crippen molar-refractivity contribution in [2.24, 2.45) is 0 Å². The van der Waals surface area contributed by atoms with Gasteiger partial charge in [0.1, 0.15) is 17.6 Å². The summed E-state index contributed by atoms with van der Waals surface area (Å²) in [6.07, 6.45) is 0.770. The van der Waals surface area contributed by atoms with Gasteiger partial charge in [-0.15, -0.1) is 0 Å². The van der Waals surface area contributed by atoms with Crippen molar-refractivity contribution in [1.82, 2.24) is 10.2 Å². The van der Waals surface area contributed by atoms with E-state index in [0.717, 1.165) is 12.0 Å². The Balaban J connectivity index is 2.24. The molecule has 2 amide bonds. The van der Waals surface area contributed by atoms with Gasteiger partial charge >= 0.3 is 0 Å². The SMILES string of the molecule is CC[C@@H](C)NC(=O)[C@H](C)N(Cc1ccccc1F)C(=O)COc1ccccc1C(C)(C)C. The lowest BCUT2D eigenvalue weighted by molar-refractivity contribution is -0.142. The highest BCUT2D eigenvalue weighted by molar-refractivity contribution is 5.88. The number of rotatable bonds is 9. The molecule has 0 aliphatic heterocycles. The summed E-state index contributed by atoms with van der Waals surface area (Å²) in [6.45, 7) is 11.5. The molecule has 0 aromatic heterocycles. The summed E-state index contributed by atoms with van der Waals surface area (Å²) in [4.78, 5) is 27.3.